The van der Waals surface area contributed by atoms with E-state index in [1.807, 2.05) is 0 Å². The van der Waals surface area contributed by atoms with Crippen molar-refractivity contribution in [1.29, 1.82) is 0 Å². The number of carbonyl (C=O) groups is 2. The lowest BCUT2D eigenvalue weighted by molar-refractivity contribution is 0.0953. The third kappa shape index (κ3) is 3.76. The highest BCUT2D eigenvalue weighted by molar-refractivity contribution is 7.15. The maximum atomic E-state index is 12.0. The van der Waals surface area contributed by atoms with E-state index < -0.39 is 0 Å². The fourth-order valence-corrected chi connectivity index (χ4v) is 2.35. The average Bonchev–Trinajstić information content (AvgIpc) is 3.02. The first-order chi connectivity index (χ1) is 10.5. The Morgan fingerprint density at radius 3 is 2.18 bits per heavy atom. The molecule has 0 aliphatic heterocycles. The molecule has 22 heavy (non-hydrogen) atoms. The van der Waals surface area contributed by atoms with Crippen LogP contribution in [0.15, 0.2) is 12.1 Å². The van der Waals surface area contributed by atoms with Crippen LogP contribution in [0.5, 0.6) is 12.0 Å². The molecule has 1 amide bonds. The van der Waals surface area contributed by atoms with Crippen LogP contribution in [0.3, 0.4) is 0 Å². The second kappa shape index (κ2) is 6.94. The molecule has 2 aromatic rings. The SMILES string of the molecule is COc1nc(CNC(=O)c2ccc(C(C)=O)s2)nc(OC)n1. The fraction of sp³-hybridized carbons (Fsp3) is 0.308. The number of ketones is 1. The first-order valence-corrected chi connectivity index (χ1v) is 7.07. The molecular formula is C13H14N4O4S. The van der Waals surface area contributed by atoms with E-state index in [1.54, 1.807) is 12.1 Å². The molecule has 9 heteroatoms. The number of methoxy groups -OCH3 is 2. The molecule has 2 rings (SSSR count). The Balaban J connectivity index is 2.05. The van der Waals surface area contributed by atoms with Crippen molar-refractivity contribution in [3.05, 3.63) is 27.7 Å². The normalized spacial score (nSPS) is 10.1. The van der Waals surface area contributed by atoms with Crippen LogP contribution in [0.25, 0.3) is 0 Å². The summed E-state index contributed by atoms with van der Waals surface area (Å²) in [5, 5.41) is 2.67. The second-order valence-corrected chi connectivity index (χ2v) is 5.21. The van der Waals surface area contributed by atoms with Gasteiger partial charge < -0.3 is 14.8 Å². The zero-order valence-electron chi connectivity index (χ0n) is 12.2. The molecule has 0 fully saturated rings. The standard InChI is InChI=1S/C13H14N4O4S/c1-7(18)8-4-5-9(22-8)11(19)14-6-10-15-12(20-2)17-13(16-10)21-3/h4-5H,6H2,1-3H3,(H,14,19). The highest BCUT2D eigenvalue weighted by atomic mass is 32.1. The summed E-state index contributed by atoms with van der Waals surface area (Å²) in [6.07, 6.45) is 0. The molecule has 0 spiro atoms. The Labute approximate surface area is 130 Å². The number of thiophene rings is 1. The van der Waals surface area contributed by atoms with Crippen LogP contribution in [0.4, 0.5) is 0 Å². The molecule has 2 aromatic heterocycles. The van der Waals surface area contributed by atoms with E-state index in [0.717, 1.165) is 11.3 Å². The van der Waals surface area contributed by atoms with Gasteiger partial charge in [0.05, 0.1) is 30.5 Å². The van der Waals surface area contributed by atoms with E-state index in [0.29, 0.717) is 15.6 Å². The largest absolute Gasteiger partial charge is 0.467 e. The summed E-state index contributed by atoms with van der Waals surface area (Å²) in [6.45, 7) is 1.54. The van der Waals surface area contributed by atoms with Gasteiger partial charge in [-0.2, -0.15) is 9.97 Å². The van der Waals surface area contributed by atoms with Gasteiger partial charge in [-0.05, 0) is 19.1 Å². The number of amides is 1. The lowest BCUT2D eigenvalue weighted by Gasteiger charge is -2.06. The van der Waals surface area contributed by atoms with Gasteiger partial charge in [0.15, 0.2) is 11.6 Å². The minimum absolute atomic E-state index is 0.0732. The second-order valence-electron chi connectivity index (χ2n) is 4.13. The third-order valence-corrected chi connectivity index (χ3v) is 3.77. The smallest absolute Gasteiger partial charge is 0.322 e. The molecule has 0 bridgehead atoms. The van der Waals surface area contributed by atoms with Crippen LogP contribution in [0.1, 0.15) is 32.1 Å². The molecule has 0 saturated carbocycles. The third-order valence-electron chi connectivity index (χ3n) is 2.59. The summed E-state index contributed by atoms with van der Waals surface area (Å²) >= 11 is 1.14. The van der Waals surface area contributed by atoms with Crippen molar-refractivity contribution >= 4 is 23.0 Å². The van der Waals surface area contributed by atoms with Crippen molar-refractivity contribution in [1.82, 2.24) is 20.3 Å². The number of carbonyl (C=O) groups excluding carboxylic acids is 2. The van der Waals surface area contributed by atoms with Crippen LogP contribution in [-0.2, 0) is 6.54 Å². The first kappa shape index (κ1) is 15.8. The minimum atomic E-state index is -0.309. The van der Waals surface area contributed by atoms with Gasteiger partial charge in [-0.15, -0.1) is 16.3 Å². The van der Waals surface area contributed by atoms with Gasteiger partial charge in [0, 0.05) is 0 Å². The van der Waals surface area contributed by atoms with Gasteiger partial charge in [-0.3, -0.25) is 9.59 Å². The zero-order valence-corrected chi connectivity index (χ0v) is 13.1. The predicted molar refractivity (Wildman–Crippen MR) is 78.4 cm³/mol. The summed E-state index contributed by atoms with van der Waals surface area (Å²) in [5.74, 6) is -0.0766. The van der Waals surface area contributed by atoms with E-state index >= 15 is 0 Å². The molecule has 0 unspecified atom stereocenters. The maximum absolute atomic E-state index is 12.0. The number of nitrogens with zero attached hydrogens (tertiary/aromatic N) is 3. The Kier molecular flexibility index (Phi) is 4.99. The van der Waals surface area contributed by atoms with Gasteiger partial charge in [0.2, 0.25) is 0 Å². The molecule has 2 heterocycles. The Hall–Kier alpha value is -2.55. The highest BCUT2D eigenvalue weighted by Gasteiger charge is 2.13. The van der Waals surface area contributed by atoms with Crippen molar-refractivity contribution < 1.29 is 19.1 Å². The van der Waals surface area contributed by atoms with Crippen LogP contribution in [-0.4, -0.2) is 40.9 Å². The first-order valence-electron chi connectivity index (χ1n) is 6.25. The van der Waals surface area contributed by atoms with Crippen molar-refractivity contribution in [2.24, 2.45) is 0 Å². The van der Waals surface area contributed by atoms with Crippen molar-refractivity contribution in [2.75, 3.05) is 14.2 Å². The molecular weight excluding hydrogens is 308 g/mol. The number of hydrogen-bond acceptors (Lipinski definition) is 8. The molecule has 0 radical (unpaired) electrons. The van der Waals surface area contributed by atoms with Crippen molar-refractivity contribution in [3.63, 3.8) is 0 Å². The quantitative estimate of drug-likeness (QED) is 0.794. The molecule has 0 saturated heterocycles. The zero-order chi connectivity index (χ0) is 16.1. The minimum Gasteiger partial charge on any atom is -0.467 e. The number of aromatic nitrogens is 3. The van der Waals surface area contributed by atoms with Crippen LogP contribution >= 0.6 is 11.3 Å². The number of ether oxygens (including phenoxy) is 2. The number of Topliss-reactive ketones (excluding diaryl/α,β-unsaturated/α-hetero) is 1. The van der Waals surface area contributed by atoms with E-state index in [2.05, 4.69) is 20.3 Å². The van der Waals surface area contributed by atoms with E-state index in [1.165, 1.54) is 21.1 Å². The lowest BCUT2D eigenvalue weighted by atomic mass is 10.3. The molecule has 8 nitrogen and oxygen atoms in total. The number of hydrogen-bond donors (Lipinski definition) is 1. The van der Waals surface area contributed by atoms with Gasteiger partial charge in [-0.25, -0.2) is 0 Å². The summed E-state index contributed by atoms with van der Waals surface area (Å²) in [4.78, 5) is 36.1. The number of nitrogens with one attached hydrogen (secondary N) is 1. The molecule has 116 valence electrons. The number of rotatable bonds is 6. The predicted octanol–water partition coefficient (Wildman–Crippen LogP) is 1.08. The molecule has 0 aliphatic rings. The van der Waals surface area contributed by atoms with Crippen LogP contribution < -0.4 is 14.8 Å². The van der Waals surface area contributed by atoms with E-state index in [9.17, 15) is 9.59 Å². The van der Waals surface area contributed by atoms with Crippen LogP contribution in [0, 0.1) is 0 Å². The Morgan fingerprint density at radius 1 is 1.09 bits per heavy atom. The summed E-state index contributed by atoms with van der Waals surface area (Å²) in [7, 11) is 2.85. The fourth-order valence-electron chi connectivity index (χ4n) is 1.53. The maximum Gasteiger partial charge on any atom is 0.322 e. The highest BCUT2D eigenvalue weighted by Crippen LogP contribution is 2.17. The molecule has 0 atom stereocenters. The van der Waals surface area contributed by atoms with Crippen molar-refractivity contribution in [3.8, 4) is 12.0 Å². The molecule has 1 N–H and O–H groups in total. The van der Waals surface area contributed by atoms with Gasteiger partial charge in [0.25, 0.3) is 5.91 Å². The molecule has 0 aliphatic carbocycles. The summed E-state index contributed by atoms with van der Waals surface area (Å²) < 4.78 is 9.86. The topological polar surface area (TPSA) is 103 Å². The Bertz CT molecular complexity index is 679. The monoisotopic (exact) mass is 322 g/mol. The van der Waals surface area contributed by atoms with Crippen molar-refractivity contribution in [2.45, 2.75) is 13.5 Å². The van der Waals surface area contributed by atoms with Gasteiger partial charge in [-0.1, -0.05) is 0 Å². The van der Waals surface area contributed by atoms with Gasteiger partial charge in [0.1, 0.15) is 0 Å². The van der Waals surface area contributed by atoms with E-state index in [4.69, 9.17) is 9.47 Å². The molecule has 0 aromatic carbocycles. The Morgan fingerprint density at radius 2 is 1.68 bits per heavy atom. The average molecular weight is 322 g/mol. The lowest BCUT2D eigenvalue weighted by Crippen LogP contribution is -2.23. The summed E-state index contributed by atoms with van der Waals surface area (Å²) in [6, 6.07) is 3.43. The van der Waals surface area contributed by atoms with Crippen LogP contribution in [0.2, 0.25) is 0 Å². The summed E-state index contributed by atoms with van der Waals surface area (Å²) in [5.41, 5.74) is 0. The van der Waals surface area contributed by atoms with Gasteiger partial charge >= 0.3 is 12.0 Å². The van der Waals surface area contributed by atoms with E-state index in [-0.39, 0.29) is 30.3 Å².